The molecule has 0 saturated carbocycles. The van der Waals surface area contributed by atoms with Crippen LogP contribution < -0.4 is 4.72 Å². The zero-order chi connectivity index (χ0) is 14.8. The molecule has 2 aromatic rings. The molecule has 0 aliphatic heterocycles. The van der Waals surface area contributed by atoms with Crippen LogP contribution >= 0.6 is 27.3 Å². The van der Waals surface area contributed by atoms with Crippen molar-refractivity contribution in [1.29, 1.82) is 0 Å². The Morgan fingerprint density at radius 1 is 1.40 bits per heavy atom. The quantitative estimate of drug-likeness (QED) is 0.833. The molecule has 20 heavy (non-hydrogen) atoms. The average molecular weight is 380 g/mol. The second kappa shape index (κ2) is 6.33. The van der Waals surface area contributed by atoms with E-state index in [1.165, 1.54) is 0 Å². The van der Waals surface area contributed by atoms with Crippen LogP contribution in [0.25, 0.3) is 0 Å². The van der Waals surface area contributed by atoms with Gasteiger partial charge in [0.1, 0.15) is 4.21 Å². The van der Waals surface area contributed by atoms with Gasteiger partial charge in [-0.25, -0.2) is 13.1 Å². The fraction of sp³-hybridized carbons (Fsp3) is 0.455. The van der Waals surface area contributed by atoms with Gasteiger partial charge in [-0.1, -0.05) is 13.8 Å². The van der Waals surface area contributed by atoms with Gasteiger partial charge in [0.15, 0.2) is 0 Å². The van der Waals surface area contributed by atoms with Crippen molar-refractivity contribution < 1.29 is 12.8 Å². The van der Waals surface area contributed by atoms with Gasteiger partial charge in [-0.15, -0.1) is 21.5 Å². The number of nitrogens with zero attached hydrogens (tertiary/aromatic N) is 2. The summed E-state index contributed by atoms with van der Waals surface area (Å²) >= 11 is 4.40. The molecule has 0 saturated heterocycles. The van der Waals surface area contributed by atoms with E-state index in [0.29, 0.717) is 18.2 Å². The van der Waals surface area contributed by atoms with E-state index in [1.54, 1.807) is 12.1 Å². The molecule has 6 nitrogen and oxygen atoms in total. The summed E-state index contributed by atoms with van der Waals surface area (Å²) < 4.78 is 32.9. The van der Waals surface area contributed by atoms with Crippen LogP contribution in [0.3, 0.4) is 0 Å². The van der Waals surface area contributed by atoms with E-state index in [-0.39, 0.29) is 16.7 Å². The van der Waals surface area contributed by atoms with Crippen LogP contribution in [0.1, 0.15) is 31.5 Å². The minimum atomic E-state index is -3.47. The van der Waals surface area contributed by atoms with E-state index in [9.17, 15) is 8.42 Å². The Hall–Kier alpha value is -0.770. The molecule has 2 aromatic heterocycles. The third-order valence-corrected chi connectivity index (χ3v) is 6.00. The molecule has 110 valence electrons. The molecule has 0 aromatic carbocycles. The maximum atomic E-state index is 12.0. The Bertz CT molecular complexity index is 679. The number of hydrogen-bond donors (Lipinski definition) is 1. The number of halogens is 1. The first-order chi connectivity index (χ1) is 9.38. The van der Waals surface area contributed by atoms with E-state index in [0.717, 1.165) is 15.1 Å². The standard InChI is InChI=1S/C11H14BrN3O3S2/c1-7(2)11-15-14-9(18-11)5-6-13-20(16,17)10-4-3-8(12)19-10/h3-4,7,13H,5-6H2,1-2H3. The van der Waals surface area contributed by atoms with Crippen molar-refractivity contribution in [3.63, 3.8) is 0 Å². The average Bonchev–Trinajstić information content (AvgIpc) is 2.98. The molecule has 2 rings (SSSR count). The molecule has 0 spiro atoms. The Morgan fingerprint density at radius 3 is 2.70 bits per heavy atom. The summed E-state index contributed by atoms with van der Waals surface area (Å²) in [4.78, 5) is 0. The largest absolute Gasteiger partial charge is 0.425 e. The number of hydrogen-bond acceptors (Lipinski definition) is 6. The minimum Gasteiger partial charge on any atom is -0.425 e. The number of sulfonamides is 1. The monoisotopic (exact) mass is 379 g/mol. The summed E-state index contributed by atoms with van der Waals surface area (Å²) in [5.74, 6) is 1.16. The van der Waals surface area contributed by atoms with Crippen molar-refractivity contribution in [2.24, 2.45) is 0 Å². The van der Waals surface area contributed by atoms with Gasteiger partial charge in [0.05, 0.1) is 3.79 Å². The molecule has 0 amide bonds. The van der Waals surface area contributed by atoms with Crippen molar-refractivity contribution in [1.82, 2.24) is 14.9 Å². The van der Waals surface area contributed by atoms with Gasteiger partial charge in [0.25, 0.3) is 0 Å². The smallest absolute Gasteiger partial charge is 0.250 e. The second-order valence-electron chi connectivity index (χ2n) is 4.40. The Morgan fingerprint density at radius 2 is 2.15 bits per heavy atom. The van der Waals surface area contributed by atoms with Gasteiger partial charge in [-0.3, -0.25) is 0 Å². The first kappa shape index (κ1) is 15.6. The number of thiophene rings is 1. The van der Waals surface area contributed by atoms with E-state index in [4.69, 9.17) is 4.42 Å². The zero-order valence-corrected chi connectivity index (χ0v) is 14.2. The van der Waals surface area contributed by atoms with Crippen LogP contribution in [0.2, 0.25) is 0 Å². The van der Waals surface area contributed by atoms with E-state index in [2.05, 4.69) is 30.8 Å². The van der Waals surface area contributed by atoms with Crippen molar-refractivity contribution in [2.45, 2.75) is 30.4 Å². The molecule has 0 radical (unpaired) electrons. The highest BCUT2D eigenvalue weighted by atomic mass is 79.9. The van der Waals surface area contributed by atoms with Gasteiger partial charge < -0.3 is 4.42 Å². The SMILES string of the molecule is CC(C)c1nnc(CCNS(=O)(=O)c2ccc(Br)s2)o1. The third-order valence-electron chi connectivity index (χ3n) is 2.42. The van der Waals surface area contributed by atoms with Gasteiger partial charge in [-0.05, 0) is 28.1 Å². The summed E-state index contributed by atoms with van der Waals surface area (Å²) in [6.07, 6.45) is 0.367. The molecule has 0 aliphatic carbocycles. The third kappa shape index (κ3) is 3.87. The molecule has 9 heteroatoms. The molecule has 0 unspecified atom stereocenters. The lowest BCUT2D eigenvalue weighted by molar-refractivity contribution is 0.431. The van der Waals surface area contributed by atoms with E-state index < -0.39 is 10.0 Å². The highest BCUT2D eigenvalue weighted by Gasteiger charge is 2.16. The molecule has 0 bridgehead atoms. The first-order valence-corrected chi connectivity index (χ1v) is 9.05. The van der Waals surface area contributed by atoms with Crippen molar-refractivity contribution in [3.8, 4) is 0 Å². The first-order valence-electron chi connectivity index (χ1n) is 5.96. The van der Waals surface area contributed by atoms with E-state index >= 15 is 0 Å². The second-order valence-corrected chi connectivity index (χ2v) is 8.85. The van der Waals surface area contributed by atoms with Crippen LogP contribution in [-0.2, 0) is 16.4 Å². The lowest BCUT2D eigenvalue weighted by Crippen LogP contribution is -2.25. The fourth-order valence-corrected chi connectivity index (χ4v) is 4.49. The zero-order valence-electron chi connectivity index (χ0n) is 11.0. The summed E-state index contributed by atoms with van der Waals surface area (Å²) in [7, 11) is -3.47. The minimum absolute atomic E-state index is 0.163. The summed E-state index contributed by atoms with van der Waals surface area (Å²) in [5.41, 5.74) is 0. The van der Waals surface area contributed by atoms with Gasteiger partial charge in [0, 0.05) is 18.9 Å². The fourth-order valence-electron chi connectivity index (χ4n) is 1.41. The molecule has 1 N–H and O–H groups in total. The molecule has 0 fully saturated rings. The number of aromatic nitrogens is 2. The van der Waals surface area contributed by atoms with Gasteiger partial charge >= 0.3 is 0 Å². The van der Waals surface area contributed by atoms with E-state index in [1.807, 2.05) is 13.8 Å². The molecule has 2 heterocycles. The molecular weight excluding hydrogens is 366 g/mol. The Labute approximate surface area is 129 Å². The topological polar surface area (TPSA) is 85.1 Å². The molecule has 0 aliphatic rings. The van der Waals surface area contributed by atoms with Crippen molar-refractivity contribution in [2.75, 3.05) is 6.54 Å². The van der Waals surface area contributed by atoms with Crippen LogP contribution in [-0.4, -0.2) is 25.2 Å². The maximum absolute atomic E-state index is 12.0. The van der Waals surface area contributed by atoms with Crippen molar-refractivity contribution >= 4 is 37.3 Å². The highest BCUT2D eigenvalue weighted by Crippen LogP contribution is 2.25. The van der Waals surface area contributed by atoms with Gasteiger partial charge in [-0.2, -0.15) is 0 Å². The van der Waals surface area contributed by atoms with Gasteiger partial charge in [0.2, 0.25) is 21.8 Å². The number of rotatable bonds is 6. The lowest BCUT2D eigenvalue weighted by Gasteiger charge is -2.02. The summed E-state index contributed by atoms with van der Waals surface area (Å²) in [6, 6.07) is 3.26. The van der Waals surface area contributed by atoms with Crippen molar-refractivity contribution in [3.05, 3.63) is 27.7 Å². The normalized spacial score (nSPS) is 12.2. The predicted molar refractivity (Wildman–Crippen MR) is 79.3 cm³/mol. The maximum Gasteiger partial charge on any atom is 0.250 e. The van der Waals surface area contributed by atoms with Crippen LogP contribution in [0.5, 0.6) is 0 Å². The Balaban J connectivity index is 1.92. The van der Waals surface area contributed by atoms with Crippen LogP contribution in [0, 0.1) is 0 Å². The van der Waals surface area contributed by atoms with Crippen LogP contribution in [0.15, 0.2) is 24.5 Å². The molecular formula is C11H14BrN3O3S2. The van der Waals surface area contributed by atoms with Crippen LogP contribution in [0.4, 0.5) is 0 Å². The lowest BCUT2D eigenvalue weighted by atomic mass is 10.2. The summed E-state index contributed by atoms with van der Waals surface area (Å²) in [6.45, 7) is 4.13. The highest BCUT2D eigenvalue weighted by molar-refractivity contribution is 9.11. The summed E-state index contributed by atoms with van der Waals surface area (Å²) in [5, 5.41) is 7.77. The predicted octanol–water partition coefficient (Wildman–Crippen LogP) is 2.54. The molecule has 0 atom stereocenters. The number of nitrogens with one attached hydrogen (secondary N) is 1. The Kier molecular flexibility index (Phi) is 4.95.